The zero-order valence-corrected chi connectivity index (χ0v) is 17.3. The van der Waals surface area contributed by atoms with Gasteiger partial charge < -0.3 is 15.2 Å². The van der Waals surface area contributed by atoms with Gasteiger partial charge in [-0.25, -0.2) is 0 Å². The second-order valence-corrected chi connectivity index (χ2v) is 7.76. The van der Waals surface area contributed by atoms with Gasteiger partial charge in [-0.15, -0.1) is 0 Å². The van der Waals surface area contributed by atoms with Crippen LogP contribution in [0.3, 0.4) is 0 Å². The van der Waals surface area contributed by atoms with Crippen LogP contribution in [-0.4, -0.2) is 32.2 Å². The van der Waals surface area contributed by atoms with Gasteiger partial charge >= 0.3 is 0 Å². The van der Waals surface area contributed by atoms with Crippen molar-refractivity contribution >= 4 is 11.8 Å². The van der Waals surface area contributed by atoms with Crippen LogP contribution in [0.4, 0.5) is 0 Å². The molecule has 2 N–H and O–H groups in total. The molecule has 2 amide bonds. The van der Waals surface area contributed by atoms with E-state index in [2.05, 4.69) is 15.7 Å². The van der Waals surface area contributed by atoms with Crippen molar-refractivity contribution in [2.24, 2.45) is 7.05 Å². The Balaban J connectivity index is 1.65. The molecule has 0 bridgehead atoms. The molecule has 0 unspecified atom stereocenters. The van der Waals surface area contributed by atoms with Crippen LogP contribution in [0, 0.1) is 6.92 Å². The van der Waals surface area contributed by atoms with E-state index in [4.69, 9.17) is 0 Å². The van der Waals surface area contributed by atoms with E-state index in [0.717, 1.165) is 36.9 Å². The molecule has 0 aliphatic heterocycles. The predicted molar refractivity (Wildman–Crippen MR) is 110 cm³/mol. The summed E-state index contributed by atoms with van der Waals surface area (Å²) >= 11 is 0. The highest BCUT2D eigenvalue weighted by Gasteiger charge is 2.20. The van der Waals surface area contributed by atoms with Crippen LogP contribution in [-0.2, 0) is 18.4 Å². The maximum absolute atomic E-state index is 12.7. The number of nitrogens with one attached hydrogen (secondary N) is 2. The van der Waals surface area contributed by atoms with Crippen molar-refractivity contribution in [3.63, 3.8) is 0 Å². The number of aromatic nitrogens is 3. The van der Waals surface area contributed by atoms with E-state index in [1.807, 2.05) is 20.9 Å². The normalized spacial score (nSPS) is 15.7. The molecule has 8 heteroatoms. The third kappa shape index (κ3) is 4.93. The first-order valence-corrected chi connectivity index (χ1v) is 10.1. The van der Waals surface area contributed by atoms with Crippen LogP contribution >= 0.6 is 0 Å². The number of carbonyl (C=O) groups is 2. The van der Waals surface area contributed by atoms with Gasteiger partial charge in [-0.2, -0.15) is 5.10 Å². The molecular formula is C21H29N5O3. The van der Waals surface area contributed by atoms with Crippen LogP contribution in [0.15, 0.2) is 29.3 Å². The van der Waals surface area contributed by atoms with Crippen LogP contribution < -0.4 is 16.2 Å². The largest absolute Gasteiger partial charge is 0.349 e. The first-order chi connectivity index (χ1) is 13.9. The van der Waals surface area contributed by atoms with E-state index in [1.54, 1.807) is 16.9 Å². The summed E-state index contributed by atoms with van der Waals surface area (Å²) in [4.78, 5) is 37.7. The van der Waals surface area contributed by atoms with E-state index in [9.17, 15) is 14.4 Å². The Bertz CT molecular complexity index is 940. The number of hydrogen-bond acceptors (Lipinski definition) is 4. The van der Waals surface area contributed by atoms with Gasteiger partial charge in [0.2, 0.25) is 5.91 Å². The van der Waals surface area contributed by atoms with E-state index in [-0.39, 0.29) is 36.0 Å². The molecule has 29 heavy (non-hydrogen) atoms. The standard InChI is InChI=1S/C21H29N5O3/c1-14(18-12-22-25(3)15(18)2)23-19(27)13-26-11-7-10-17(21(26)29)20(28)24-16-8-5-4-6-9-16/h7,10-12,14,16H,4-6,8-9,13H2,1-3H3,(H,23,27)(H,24,28)/t14-/m1/s1. The van der Waals surface area contributed by atoms with E-state index in [1.165, 1.54) is 23.3 Å². The summed E-state index contributed by atoms with van der Waals surface area (Å²) in [5.74, 6) is -0.663. The van der Waals surface area contributed by atoms with E-state index in [0.29, 0.717) is 0 Å². The molecule has 1 saturated carbocycles. The lowest BCUT2D eigenvalue weighted by Crippen LogP contribution is -2.41. The molecule has 2 aromatic heterocycles. The minimum absolute atomic E-state index is 0.0713. The fraction of sp³-hybridized carbons (Fsp3) is 0.524. The molecule has 1 aliphatic carbocycles. The van der Waals surface area contributed by atoms with Crippen LogP contribution in [0.25, 0.3) is 0 Å². The van der Waals surface area contributed by atoms with E-state index < -0.39 is 5.56 Å². The summed E-state index contributed by atoms with van der Waals surface area (Å²) in [7, 11) is 1.84. The zero-order chi connectivity index (χ0) is 21.0. The average Bonchev–Trinajstić information content (AvgIpc) is 3.03. The van der Waals surface area contributed by atoms with Gasteiger partial charge in [0, 0.05) is 30.5 Å². The van der Waals surface area contributed by atoms with Crippen LogP contribution in [0.5, 0.6) is 0 Å². The van der Waals surface area contributed by atoms with Gasteiger partial charge in [-0.05, 0) is 38.8 Å². The molecule has 2 heterocycles. The molecule has 1 fully saturated rings. The van der Waals surface area contributed by atoms with Crippen LogP contribution in [0.2, 0.25) is 0 Å². The van der Waals surface area contributed by atoms with Crippen molar-refractivity contribution in [1.29, 1.82) is 0 Å². The third-order valence-electron chi connectivity index (χ3n) is 5.64. The number of nitrogens with zero attached hydrogens (tertiary/aromatic N) is 3. The lowest BCUT2D eigenvalue weighted by atomic mass is 9.95. The fourth-order valence-corrected chi connectivity index (χ4v) is 3.80. The molecule has 2 aromatic rings. The molecule has 0 radical (unpaired) electrons. The quantitative estimate of drug-likeness (QED) is 0.774. The van der Waals surface area contributed by atoms with Gasteiger partial charge in [-0.1, -0.05) is 19.3 Å². The Labute approximate surface area is 170 Å². The third-order valence-corrected chi connectivity index (χ3v) is 5.64. The first-order valence-electron chi connectivity index (χ1n) is 10.1. The van der Waals surface area contributed by atoms with Gasteiger partial charge in [0.15, 0.2) is 0 Å². The summed E-state index contributed by atoms with van der Waals surface area (Å²) in [6, 6.07) is 3.02. The lowest BCUT2D eigenvalue weighted by Gasteiger charge is -2.22. The predicted octanol–water partition coefficient (Wildman–Crippen LogP) is 1.83. The molecular weight excluding hydrogens is 370 g/mol. The summed E-state index contributed by atoms with van der Waals surface area (Å²) < 4.78 is 3.02. The number of pyridine rings is 1. The Morgan fingerprint density at radius 2 is 2.00 bits per heavy atom. The molecule has 0 spiro atoms. The Kier molecular flexibility index (Phi) is 6.51. The monoisotopic (exact) mass is 399 g/mol. The van der Waals surface area contributed by atoms with Gasteiger partial charge in [0.1, 0.15) is 12.1 Å². The topological polar surface area (TPSA) is 98.0 Å². The smallest absolute Gasteiger partial charge is 0.263 e. The molecule has 1 atom stereocenters. The Morgan fingerprint density at radius 3 is 2.66 bits per heavy atom. The van der Waals surface area contributed by atoms with Gasteiger partial charge in [-0.3, -0.25) is 19.1 Å². The average molecular weight is 399 g/mol. The van der Waals surface area contributed by atoms with Crippen molar-refractivity contribution in [3.05, 3.63) is 51.7 Å². The first kappa shape index (κ1) is 20.8. The highest BCUT2D eigenvalue weighted by molar-refractivity contribution is 5.94. The molecule has 0 aromatic carbocycles. The Morgan fingerprint density at radius 1 is 1.28 bits per heavy atom. The number of aryl methyl sites for hydroxylation is 1. The number of rotatable bonds is 6. The zero-order valence-electron chi connectivity index (χ0n) is 17.3. The molecule has 0 saturated heterocycles. The number of amides is 2. The van der Waals surface area contributed by atoms with Crippen molar-refractivity contribution in [1.82, 2.24) is 25.0 Å². The molecule has 8 nitrogen and oxygen atoms in total. The minimum atomic E-state index is -0.457. The summed E-state index contributed by atoms with van der Waals surface area (Å²) in [5.41, 5.74) is 1.51. The lowest BCUT2D eigenvalue weighted by molar-refractivity contribution is -0.122. The number of hydrogen-bond donors (Lipinski definition) is 2. The number of carbonyl (C=O) groups excluding carboxylic acids is 2. The molecule has 1 aliphatic rings. The fourth-order valence-electron chi connectivity index (χ4n) is 3.80. The SMILES string of the molecule is Cc1c([C@@H](C)NC(=O)Cn2cccc(C(=O)NC3CCCCC3)c2=O)cnn1C. The highest BCUT2D eigenvalue weighted by Crippen LogP contribution is 2.18. The summed E-state index contributed by atoms with van der Waals surface area (Å²) in [6.45, 7) is 3.66. The van der Waals surface area contributed by atoms with Crippen molar-refractivity contribution in [3.8, 4) is 0 Å². The van der Waals surface area contributed by atoms with Crippen LogP contribution in [0.1, 0.15) is 66.7 Å². The Hall–Kier alpha value is -2.90. The van der Waals surface area contributed by atoms with Gasteiger partial charge in [0.25, 0.3) is 11.5 Å². The second-order valence-electron chi connectivity index (χ2n) is 7.76. The van der Waals surface area contributed by atoms with Crippen molar-refractivity contribution in [2.75, 3.05) is 0 Å². The van der Waals surface area contributed by atoms with Crippen molar-refractivity contribution < 1.29 is 9.59 Å². The highest BCUT2D eigenvalue weighted by atomic mass is 16.2. The van der Waals surface area contributed by atoms with Crippen molar-refractivity contribution in [2.45, 2.75) is 64.6 Å². The molecule has 3 rings (SSSR count). The van der Waals surface area contributed by atoms with E-state index >= 15 is 0 Å². The summed E-state index contributed by atoms with van der Waals surface area (Å²) in [5, 5.41) is 10.0. The van der Waals surface area contributed by atoms with Gasteiger partial charge in [0.05, 0.1) is 12.2 Å². The maximum Gasteiger partial charge on any atom is 0.263 e. The summed E-state index contributed by atoms with van der Waals surface area (Å²) in [6.07, 6.45) is 8.53. The second kappa shape index (κ2) is 9.07. The maximum atomic E-state index is 12.7. The molecule has 156 valence electrons. The minimum Gasteiger partial charge on any atom is -0.349 e.